The van der Waals surface area contributed by atoms with E-state index in [1.165, 1.54) is 0 Å². The fourth-order valence-electron chi connectivity index (χ4n) is 3.58. The molecule has 4 heteroatoms. The normalized spacial score (nSPS) is 11.2. The van der Waals surface area contributed by atoms with Gasteiger partial charge >= 0.3 is 0 Å². The average Bonchev–Trinajstić information content (AvgIpc) is 3.00. The maximum atomic E-state index is 12.9. The van der Waals surface area contributed by atoms with Crippen molar-refractivity contribution >= 4 is 46.0 Å². The van der Waals surface area contributed by atoms with Gasteiger partial charge < -0.3 is 4.57 Å². The monoisotopic (exact) mass is 373 g/mol. The van der Waals surface area contributed by atoms with Crippen molar-refractivity contribution in [2.45, 2.75) is 25.3 Å². The maximum absolute atomic E-state index is 12.9. The summed E-state index contributed by atoms with van der Waals surface area (Å²) >= 11 is 4.27. The summed E-state index contributed by atoms with van der Waals surface area (Å²) in [6.45, 7) is 4.48. The van der Waals surface area contributed by atoms with E-state index in [2.05, 4.69) is 24.1 Å². The molecule has 27 heavy (non-hydrogen) atoms. The second kappa shape index (κ2) is 6.71. The summed E-state index contributed by atoms with van der Waals surface area (Å²) in [6, 6.07) is 18.8. The number of carbonyl (C=O) groups is 2. The average molecular weight is 373 g/mol. The van der Waals surface area contributed by atoms with Crippen molar-refractivity contribution in [3.05, 3.63) is 77.4 Å². The SMILES string of the molecule is CCn1c2ccc(C(C)=O)cc2c2cc(C(=O)c3ccc(S)cc3)ccc21. The fourth-order valence-corrected chi connectivity index (χ4v) is 3.73. The third kappa shape index (κ3) is 2.96. The van der Waals surface area contributed by atoms with E-state index in [-0.39, 0.29) is 11.6 Å². The van der Waals surface area contributed by atoms with Crippen molar-refractivity contribution in [3.8, 4) is 0 Å². The minimum atomic E-state index is -0.0228. The van der Waals surface area contributed by atoms with Crippen LogP contribution in [0.25, 0.3) is 21.8 Å². The van der Waals surface area contributed by atoms with E-state index in [1.54, 1.807) is 19.1 Å². The van der Waals surface area contributed by atoms with Gasteiger partial charge in [-0.15, -0.1) is 12.6 Å². The second-order valence-electron chi connectivity index (χ2n) is 6.64. The highest BCUT2D eigenvalue weighted by atomic mass is 32.1. The number of hydrogen-bond acceptors (Lipinski definition) is 3. The lowest BCUT2D eigenvalue weighted by atomic mass is 10.0. The summed E-state index contributed by atoms with van der Waals surface area (Å²) in [5.41, 5.74) is 4.09. The highest BCUT2D eigenvalue weighted by Gasteiger charge is 2.15. The summed E-state index contributed by atoms with van der Waals surface area (Å²) in [7, 11) is 0. The molecule has 0 bridgehead atoms. The number of ketones is 2. The van der Waals surface area contributed by atoms with Gasteiger partial charge in [0.1, 0.15) is 0 Å². The Morgan fingerprint density at radius 1 is 0.815 bits per heavy atom. The second-order valence-corrected chi connectivity index (χ2v) is 7.16. The van der Waals surface area contributed by atoms with Crippen molar-refractivity contribution in [2.75, 3.05) is 0 Å². The maximum Gasteiger partial charge on any atom is 0.193 e. The number of rotatable bonds is 4. The Hall–Kier alpha value is -2.85. The largest absolute Gasteiger partial charge is 0.341 e. The van der Waals surface area contributed by atoms with Gasteiger partial charge in [-0.3, -0.25) is 9.59 Å². The van der Waals surface area contributed by atoms with E-state index >= 15 is 0 Å². The first-order valence-corrected chi connectivity index (χ1v) is 9.35. The molecule has 0 aliphatic carbocycles. The molecule has 0 aliphatic heterocycles. The van der Waals surface area contributed by atoms with Gasteiger partial charge in [0, 0.05) is 49.9 Å². The fraction of sp³-hybridized carbons (Fsp3) is 0.130. The number of benzene rings is 3. The standard InChI is InChI=1S/C23H19NO2S/c1-3-24-21-10-6-16(14(2)25)12-19(21)20-13-17(7-11-22(20)24)23(26)15-4-8-18(27)9-5-15/h4-13,27H,3H2,1-2H3. The number of aromatic nitrogens is 1. The van der Waals surface area contributed by atoms with E-state index in [1.807, 2.05) is 48.5 Å². The zero-order valence-corrected chi connectivity index (χ0v) is 16.1. The van der Waals surface area contributed by atoms with E-state index in [0.29, 0.717) is 16.7 Å². The van der Waals surface area contributed by atoms with Crippen LogP contribution in [0.15, 0.2) is 65.6 Å². The topological polar surface area (TPSA) is 39.1 Å². The quantitative estimate of drug-likeness (QED) is 0.377. The van der Waals surface area contributed by atoms with Gasteiger partial charge in [-0.05, 0) is 74.5 Å². The molecule has 1 heterocycles. The zero-order chi connectivity index (χ0) is 19.1. The highest BCUT2D eigenvalue weighted by molar-refractivity contribution is 7.80. The minimum absolute atomic E-state index is 0.0228. The van der Waals surface area contributed by atoms with Gasteiger partial charge in [0.15, 0.2) is 11.6 Å². The van der Waals surface area contributed by atoms with Crippen molar-refractivity contribution < 1.29 is 9.59 Å². The predicted octanol–water partition coefficient (Wildman–Crippen LogP) is 5.54. The molecule has 0 spiro atoms. The van der Waals surface area contributed by atoms with Gasteiger partial charge in [0.05, 0.1) is 0 Å². The van der Waals surface area contributed by atoms with Crippen molar-refractivity contribution in [3.63, 3.8) is 0 Å². The summed E-state index contributed by atoms with van der Waals surface area (Å²) in [4.78, 5) is 25.5. The van der Waals surface area contributed by atoms with E-state index in [0.717, 1.165) is 33.2 Å². The molecule has 0 aliphatic rings. The van der Waals surface area contributed by atoms with Crippen molar-refractivity contribution in [1.82, 2.24) is 4.57 Å². The molecule has 0 fully saturated rings. The Kier molecular flexibility index (Phi) is 4.36. The minimum Gasteiger partial charge on any atom is -0.341 e. The molecular weight excluding hydrogens is 354 g/mol. The van der Waals surface area contributed by atoms with Crippen LogP contribution in [0.5, 0.6) is 0 Å². The van der Waals surface area contributed by atoms with E-state index in [4.69, 9.17) is 0 Å². The van der Waals surface area contributed by atoms with Crippen LogP contribution in [-0.2, 0) is 6.54 Å². The summed E-state index contributed by atoms with van der Waals surface area (Å²) in [5.74, 6) is 0.0127. The smallest absolute Gasteiger partial charge is 0.193 e. The lowest BCUT2D eigenvalue weighted by molar-refractivity contribution is 0.101. The van der Waals surface area contributed by atoms with E-state index < -0.39 is 0 Å². The Morgan fingerprint density at radius 2 is 1.33 bits per heavy atom. The van der Waals surface area contributed by atoms with Crippen LogP contribution in [-0.4, -0.2) is 16.1 Å². The van der Waals surface area contributed by atoms with Gasteiger partial charge in [0.2, 0.25) is 0 Å². The summed E-state index contributed by atoms with van der Waals surface area (Å²) < 4.78 is 2.21. The first-order valence-electron chi connectivity index (χ1n) is 8.90. The van der Waals surface area contributed by atoms with Crippen LogP contribution in [0.4, 0.5) is 0 Å². The van der Waals surface area contributed by atoms with Crippen LogP contribution in [0.1, 0.15) is 40.1 Å². The van der Waals surface area contributed by atoms with Crippen molar-refractivity contribution in [2.24, 2.45) is 0 Å². The van der Waals surface area contributed by atoms with Crippen LogP contribution < -0.4 is 0 Å². The molecule has 0 radical (unpaired) electrons. The lowest BCUT2D eigenvalue weighted by Crippen LogP contribution is -2.01. The molecule has 0 saturated heterocycles. The van der Waals surface area contributed by atoms with Gasteiger partial charge in [-0.1, -0.05) is 0 Å². The molecule has 0 atom stereocenters. The lowest BCUT2D eigenvalue weighted by Gasteiger charge is -2.05. The highest BCUT2D eigenvalue weighted by Crippen LogP contribution is 2.31. The Balaban J connectivity index is 1.93. The van der Waals surface area contributed by atoms with E-state index in [9.17, 15) is 9.59 Å². The van der Waals surface area contributed by atoms with Crippen LogP contribution in [0, 0.1) is 0 Å². The first kappa shape index (κ1) is 17.6. The molecule has 1 aromatic heterocycles. The molecule has 0 amide bonds. The Morgan fingerprint density at radius 3 is 1.89 bits per heavy atom. The Labute approximate surface area is 163 Å². The molecule has 4 rings (SSSR count). The van der Waals surface area contributed by atoms with Crippen LogP contribution in [0.2, 0.25) is 0 Å². The molecule has 4 aromatic rings. The molecular formula is C23H19NO2S. The number of hydrogen-bond donors (Lipinski definition) is 1. The molecule has 0 unspecified atom stereocenters. The number of thiol groups is 1. The number of nitrogens with zero attached hydrogens (tertiary/aromatic N) is 1. The van der Waals surface area contributed by atoms with Gasteiger partial charge in [0.25, 0.3) is 0 Å². The number of fused-ring (bicyclic) bond motifs is 3. The molecule has 3 nitrogen and oxygen atoms in total. The number of carbonyl (C=O) groups excluding carboxylic acids is 2. The summed E-state index contributed by atoms with van der Waals surface area (Å²) in [6.07, 6.45) is 0. The number of aryl methyl sites for hydroxylation is 1. The summed E-state index contributed by atoms with van der Waals surface area (Å²) in [5, 5.41) is 1.99. The molecule has 134 valence electrons. The van der Waals surface area contributed by atoms with Crippen LogP contribution >= 0.6 is 12.6 Å². The number of Topliss-reactive ketones (excluding diaryl/α,β-unsaturated/α-hetero) is 1. The molecule has 0 saturated carbocycles. The Bertz CT molecular complexity index is 1200. The predicted molar refractivity (Wildman–Crippen MR) is 112 cm³/mol. The first-order chi connectivity index (χ1) is 13.0. The third-order valence-corrected chi connectivity index (χ3v) is 5.28. The third-order valence-electron chi connectivity index (χ3n) is 4.98. The van der Waals surface area contributed by atoms with Gasteiger partial charge in [-0.2, -0.15) is 0 Å². The molecule has 0 N–H and O–H groups in total. The van der Waals surface area contributed by atoms with Crippen molar-refractivity contribution in [1.29, 1.82) is 0 Å². The molecule has 3 aromatic carbocycles. The van der Waals surface area contributed by atoms with Gasteiger partial charge in [-0.25, -0.2) is 0 Å². The zero-order valence-electron chi connectivity index (χ0n) is 15.2. The van der Waals surface area contributed by atoms with Crippen LogP contribution in [0.3, 0.4) is 0 Å².